The summed E-state index contributed by atoms with van der Waals surface area (Å²) in [7, 11) is 1.41. The maximum absolute atomic E-state index is 13.4. The molecule has 0 radical (unpaired) electrons. The first-order valence-corrected chi connectivity index (χ1v) is 9.89. The summed E-state index contributed by atoms with van der Waals surface area (Å²) in [5.41, 5.74) is 0.248. The van der Waals surface area contributed by atoms with Crippen LogP contribution in [0.1, 0.15) is 33.6 Å². The average molecular weight is 414 g/mol. The van der Waals surface area contributed by atoms with Gasteiger partial charge in [0.05, 0.1) is 23.1 Å². The number of carbonyl (C=O) groups is 1. The molecule has 0 spiro atoms. The molecular weight excluding hydrogens is 388 g/mol. The zero-order valence-corrected chi connectivity index (χ0v) is 17.6. The molecule has 0 aliphatic rings. The lowest BCUT2D eigenvalue weighted by atomic mass is 10.1. The molecule has 0 fully saturated rings. The monoisotopic (exact) mass is 414 g/mol. The van der Waals surface area contributed by atoms with Gasteiger partial charge in [-0.05, 0) is 34.9 Å². The summed E-state index contributed by atoms with van der Waals surface area (Å²) in [5, 5.41) is 21.9. The Hall–Kier alpha value is -3.43. The number of hydrogen-bond donors (Lipinski definition) is 1. The molecule has 1 N–H and O–H groups in total. The SMILES string of the molecule is CCCCOc1c(N(C)C(=O)O)n(CC(C)C)c(=O)c2cccc(-n3cnnn3)c12. The van der Waals surface area contributed by atoms with E-state index in [9.17, 15) is 14.7 Å². The van der Waals surface area contributed by atoms with Gasteiger partial charge in [0.2, 0.25) is 0 Å². The van der Waals surface area contributed by atoms with Gasteiger partial charge in [0.1, 0.15) is 6.33 Å². The van der Waals surface area contributed by atoms with Crippen molar-refractivity contribution in [2.45, 2.75) is 40.2 Å². The van der Waals surface area contributed by atoms with Gasteiger partial charge in [0, 0.05) is 13.6 Å². The van der Waals surface area contributed by atoms with Crippen molar-refractivity contribution in [1.82, 2.24) is 24.8 Å². The zero-order valence-electron chi connectivity index (χ0n) is 17.6. The van der Waals surface area contributed by atoms with Crippen molar-refractivity contribution in [1.29, 1.82) is 0 Å². The van der Waals surface area contributed by atoms with Crippen molar-refractivity contribution in [3.05, 3.63) is 34.9 Å². The van der Waals surface area contributed by atoms with Crippen LogP contribution < -0.4 is 15.2 Å². The minimum absolute atomic E-state index is 0.118. The predicted octanol–water partition coefficient (Wildman–Crippen LogP) is 2.93. The fourth-order valence-electron chi connectivity index (χ4n) is 3.31. The maximum atomic E-state index is 13.4. The molecule has 1 amide bonds. The number of pyridine rings is 1. The van der Waals surface area contributed by atoms with Crippen LogP contribution >= 0.6 is 0 Å². The molecule has 3 rings (SSSR count). The van der Waals surface area contributed by atoms with E-state index in [1.54, 1.807) is 18.2 Å². The lowest BCUT2D eigenvalue weighted by Crippen LogP contribution is -2.34. The number of benzene rings is 1. The van der Waals surface area contributed by atoms with E-state index in [1.165, 1.54) is 22.6 Å². The fourth-order valence-corrected chi connectivity index (χ4v) is 3.31. The van der Waals surface area contributed by atoms with Gasteiger partial charge in [-0.25, -0.2) is 4.79 Å². The number of aromatic nitrogens is 5. The molecule has 160 valence electrons. The molecule has 10 nitrogen and oxygen atoms in total. The highest BCUT2D eigenvalue weighted by molar-refractivity contribution is 6.00. The summed E-state index contributed by atoms with van der Waals surface area (Å²) < 4.78 is 9.05. The Morgan fingerprint density at radius 1 is 1.33 bits per heavy atom. The predicted molar refractivity (Wildman–Crippen MR) is 113 cm³/mol. The quantitative estimate of drug-likeness (QED) is 0.563. The lowest BCUT2D eigenvalue weighted by Gasteiger charge is -2.26. The van der Waals surface area contributed by atoms with Crippen molar-refractivity contribution in [2.75, 3.05) is 18.6 Å². The number of amides is 1. The van der Waals surface area contributed by atoms with E-state index in [4.69, 9.17) is 4.74 Å². The molecule has 0 unspecified atom stereocenters. The Labute approximate surface area is 173 Å². The topological polar surface area (TPSA) is 115 Å². The van der Waals surface area contributed by atoms with Crippen LogP contribution in [0.15, 0.2) is 29.3 Å². The number of rotatable bonds is 8. The first-order chi connectivity index (χ1) is 14.4. The van der Waals surface area contributed by atoms with E-state index in [2.05, 4.69) is 15.5 Å². The number of carboxylic acid groups (broad SMARTS) is 1. The summed E-state index contributed by atoms with van der Waals surface area (Å²) in [4.78, 5) is 26.4. The molecule has 0 saturated carbocycles. The van der Waals surface area contributed by atoms with Gasteiger partial charge in [0.15, 0.2) is 11.6 Å². The molecule has 1 aromatic carbocycles. The Balaban J connectivity index is 2.44. The molecule has 30 heavy (non-hydrogen) atoms. The number of unbranched alkanes of at least 4 members (excludes halogenated alkanes) is 1. The Kier molecular flexibility index (Phi) is 6.34. The average Bonchev–Trinajstić information content (AvgIpc) is 3.24. The number of fused-ring (bicyclic) bond motifs is 1. The van der Waals surface area contributed by atoms with Crippen molar-refractivity contribution in [3.8, 4) is 11.4 Å². The highest BCUT2D eigenvalue weighted by atomic mass is 16.5. The molecular formula is C20H26N6O4. The second-order valence-corrected chi connectivity index (χ2v) is 7.46. The largest absolute Gasteiger partial charge is 0.489 e. The minimum Gasteiger partial charge on any atom is -0.489 e. The third-order valence-corrected chi connectivity index (χ3v) is 4.70. The van der Waals surface area contributed by atoms with E-state index in [0.717, 1.165) is 17.7 Å². The first-order valence-electron chi connectivity index (χ1n) is 9.89. The molecule has 0 atom stereocenters. The van der Waals surface area contributed by atoms with Crippen molar-refractivity contribution in [2.24, 2.45) is 5.92 Å². The third kappa shape index (κ3) is 3.98. The zero-order chi connectivity index (χ0) is 21.8. The fraction of sp³-hybridized carbons (Fsp3) is 0.450. The second kappa shape index (κ2) is 8.93. The van der Waals surface area contributed by atoms with Gasteiger partial charge in [-0.2, -0.15) is 4.68 Å². The lowest BCUT2D eigenvalue weighted by molar-refractivity contribution is 0.202. The third-order valence-electron chi connectivity index (χ3n) is 4.70. The summed E-state index contributed by atoms with van der Waals surface area (Å²) in [6.07, 6.45) is 1.93. The van der Waals surface area contributed by atoms with Gasteiger partial charge in [-0.15, -0.1) is 5.10 Å². The molecule has 10 heteroatoms. The summed E-state index contributed by atoms with van der Waals surface area (Å²) in [6.45, 7) is 6.71. The Morgan fingerprint density at radius 3 is 2.70 bits per heavy atom. The van der Waals surface area contributed by atoms with Crippen LogP contribution in [-0.2, 0) is 6.54 Å². The Morgan fingerprint density at radius 2 is 2.10 bits per heavy atom. The number of ether oxygens (including phenoxy) is 1. The minimum atomic E-state index is -1.19. The summed E-state index contributed by atoms with van der Waals surface area (Å²) >= 11 is 0. The molecule has 0 aliphatic heterocycles. The van der Waals surface area contributed by atoms with Gasteiger partial charge < -0.3 is 9.84 Å². The molecule has 0 bridgehead atoms. The summed E-state index contributed by atoms with van der Waals surface area (Å²) in [5.74, 6) is 0.646. The van der Waals surface area contributed by atoms with E-state index in [-0.39, 0.29) is 17.3 Å². The normalized spacial score (nSPS) is 11.2. The van der Waals surface area contributed by atoms with Gasteiger partial charge in [-0.1, -0.05) is 33.3 Å². The van der Waals surface area contributed by atoms with Crippen LogP contribution in [-0.4, -0.2) is 49.6 Å². The van der Waals surface area contributed by atoms with Crippen LogP contribution in [0.25, 0.3) is 16.5 Å². The highest BCUT2D eigenvalue weighted by Crippen LogP contribution is 2.38. The van der Waals surface area contributed by atoms with Gasteiger partial charge in [0.25, 0.3) is 5.56 Å². The van der Waals surface area contributed by atoms with Gasteiger partial charge in [-0.3, -0.25) is 14.3 Å². The maximum Gasteiger partial charge on any atom is 0.412 e. The molecule has 0 aliphatic carbocycles. The molecule has 2 heterocycles. The van der Waals surface area contributed by atoms with Crippen molar-refractivity contribution in [3.63, 3.8) is 0 Å². The molecule has 2 aromatic heterocycles. The number of hydrogen-bond acceptors (Lipinski definition) is 6. The summed E-state index contributed by atoms with van der Waals surface area (Å²) in [6, 6.07) is 5.22. The van der Waals surface area contributed by atoms with Crippen LogP contribution in [0.2, 0.25) is 0 Å². The number of nitrogens with zero attached hydrogens (tertiary/aromatic N) is 6. The van der Waals surface area contributed by atoms with Crippen LogP contribution in [0.5, 0.6) is 5.75 Å². The number of anilines is 1. The van der Waals surface area contributed by atoms with E-state index < -0.39 is 6.09 Å². The number of tetrazole rings is 1. The van der Waals surface area contributed by atoms with E-state index in [0.29, 0.717) is 35.4 Å². The second-order valence-electron chi connectivity index (χ2n) is 7.46. The van der Waals surface area contributed by atoms with E-state index >= 15 is 0 Å². The van der Waals surface area contributed by atoms with E-state index in [1.807, 2.05) is 20.8 Å². The van der Waals surface area contributed by atoms with Crippen LogP contribution in [0, 0.1) is 5.92 Å². The van der Waals surface area contributed by atoms with Crippen LogP contribution in [0.4, 0.5) is 10.6 Å². The standard InChI is InChI=1S/C20H26N6O4/c1-5-6-10-30-17-16-14(8-7-9-15(16)26-12-21-22-23-26)19(27)25(11-13(2)3)18(17)24(4)20(28)29/h7-9,12-13H,5-6,10-11H2,1-4H3,(H,28,29). The smallest absolute Gasteiger partial charge is 0.412 e. The Bertz CT molecular complexity index is 1090. The van der Waals surface area contributed by atoms with Gasteiger partial charge >= 0.3 is 6.09 Å². The van der Waals surface area contributed by atoms with Crippen molar-refractivity contribution < 1.29 is 14.6 Å². The molecule has 0 saturated heterocycles. The molecule has 3 aromatic rings. The van der Waals surface area contributed by atoms with Crippen molar-refractivity contribution >= 4 is 22.7 Å². The first kappa shape index (κ1) is 21.3. The van der Waals surface area contributed by atoms with Crippen LogP contribution in [0.3, 0.4) is 0 Å². The highest BCUT2D eigenvalue weighted by Gasteiger charge is 2.26.